The maximum atomic E-state index is 7.56. The number of furan rings is 1. The minimum Gasteiger partial charge on any atom is -0.454 e. The highest BCUT2D eigenvalue weighted by Crippen LogP contribution is 2.33. The second-order valence-corrected chi connectivity index (χ2v) is 5.53. The van der Waals surface area contributed by atoms with Crippen LogP contribution < -0.4 is 4.57 Å². The van der Waals surface area contributed by atoms with Crippen LogP contribution in [0.1, 0.15) is 15.4 Å². The summed E-state index contributed by atoms with van der Waals surface area (Å²) in [5.74, 6) is 0. The molecule has 0 fully saturated rings. The van der Waals surface area contributed by atoms with E-state index in [4.69, 9.17) is 8.53 Å². The third-order valence-corrected chi connectivity index (χ3v) is 4.03. The first-order valence-electron chi connectivity index (χ1n) is 8.63. The fourth-order valence-electron chi connectivity index (χ4n) is 2.92. The Morgan fingerprint density at radius 2 is 2.00 bits per heavy atom. The molecule has 3 heterocycles. The van der Waals surface area contributed by atoms with Gasteiger partial charge in [-0.1, -0.05) is 0 Å². The van der Waals surface area contributed by atoms with E-state index in [-0.39, 0.29) is 5.69 Å². The molecule has 0 unspecified atom stereocenters. The first-order valence-corrected chi connectivity index (χ1v) is 7.13. The van der Waals surface area contributed by atoms with Crippen LogP contribution in [0.5, 0.6) is 0 Å². The summed E-state index contributed by atoms with van der Waals surface area (Å²) in [5, 5.41) is 1.69. The second-order valence-electron chi connectivity index (χ2n) is 5.53. The van der Waals surface area contributed by atoms with Crippen molar-refractivity contribution < 1.29 is 13.1 Å². The Morgan fingerprint density at radius 1 is 1.14 bits per heavy atom. The fourth-order valence-corrected chi connectivity index (χ4v) is 2.92. The van der Waals surface area contributed by atoms with Crippen LogP contribution in [0.4, 0.5) is 0 Å². The van der Waals surface area contributed by atoms with Crippen molar-refractivity contribution in [2.75, 3.05) is 0 Å². The van der Waals surface area contributed by atoms with Crippen molar-refractivity contribution in [1.82, 2.24) is 4.98 Å². The summed E-state index contributed by atoms with van der Waals surface area (Å²) in [7, 11) is 2.00. The van der Waals surface area contributed by atoms with Crippen LogP contribution in [-0.2, 0) is 7.05 Å². The Morgan fingerprint density at radius 3 is 2.82 bits per heavy atom. The van der Waals surface area contributed by atoms with Crippen molar-refractivity contribution in [3.63, 3.8) is 0 Å². The van der Waals surface area contributed by atoms with Gasteiger partial charge in [0.05, 0.1) is 11.8 Å². The van der Waals surface area contributed by atoms with E-state index in [2.05, 4.69) is 15.6 Å². The van der Waals surface area contributed by atoms with E-state index in [0.717, 1.165) is 33.2 Å². The number of rotatable bonds is 1. The molecule has 3 aromatic heterocycles. The standard InChI is InChI=1S/C19H17N2O/c1-12-8-15-16-9-13(2)20-11-19(16)22-18(15)10-14(12)17-6-4-5-7-21(17)3/h4-11H,1-3H3/q+1/i2D3. The molecule has 22 heavy (non-hydrogen) atoms. The molecule has 4 aromatic rings. The summed E-state index contributed by atoms with van der Waals surface area (Å²) < 4.78 is 30.7. The van der Waals surface area contributed by atoms with Crippen LogP contribution in [0.15, 0.2) is 53.2 Å². The Hall–Kier alpha value is -2.68. The third-order valence-electron chi connectivity index (χ3n) is 4.03. The van der Waals surface area contributed by atoms with Crippen LogP contribution in [-0.4, -0.2) is 4.98 Å². The summed E-state index contributed by atoms with van der Waals surface area (Å²) in [6, 6.07) is 11.7. The van der Waals surface area contributed by atoms with Crippen LogP contribution in [0.25, 0.3) is 33.2 Å². The second kappa shape index (κ2) is 4.67. The lowest BCUT2D eigenvalue weighted by atomic mass is 10.0. The molecule has 0 aliphatic carbocycles. The lowest BCUT2D eigenvalue weighted by Gasteiger charge is -2.04. The highest BCUT2D eigenvalue weighted by atomic mass is 16.3. The molecular formula is C19H17N2O+. The molecule has 0 radical (unpaired) electrons. The molecular weight excluding hydrogens is 272 g/mol. The van der Waals surface area contributed by atoms with Gasteiger partial charge in [-0.05, 0) is 43.6 Å². The highest BCUT2D eigenvalue weighted by Gasteiger charge is 2.16. The molecule has 0 atom stereocenters. The number of pyridine rings is 2. The minimum absolute atomic E-state index is 0.0823. The summed E-state index contributed by atoms with van der Waals surface area (Å²) >= 11 is 0. The van der Waals surface area contributed by atoms with Crippen molar-refractivity contribution >= 4 is 21.9 Å². The first-order chi connectivity index (χ1) is 11.8. The van der Waals surface area contributed by atoms with Gasteiger partial charge in [-0.2, -0.15) is 0 Å². The van der Waals surface area contributed by atoms with E-state index in [1.165, 1.54) is 6.20 Å². The average Bonchev–Trinajstić information content (AvgIpc) is 2.91. The molecule has 1 aromatic carbocycles. The molecule has 0 bridgehead atoms. The normalized spacial score (nSPS) is 14.0. The molecule has 3 heteroatoms. The smallest absolute Gasteiger partial charge is 0.212 e. The molecule has 0 saturated carbocycles. The van der Waals surface area contributed by atoms with Gasteiger partial charge in [0.2, 0.25) is 5.69 Å². The maximum absolute atomic E-state index is 7.56. The van der Waals surface area contributed by atoms with Crippen molar-refractivity contribution in [2.45, 2.75) is 13.8 Å². The molecule has 108 valence electrons. The number of hydrogen-bond donors (Lipinski definition) is 0. The molecule has 0 spiro atoms. The molecule has 0 N–H and O–H groups in total. The largest absolute Gasteiger partial charge is 0.454 e. The first kappa shape index (κ1) is 10.1. The van der Waals surface area contributed by atoms with Gasteiger partial charge in [0.15, 0.2) is 11.8 Å². The van der Waals surface area contributed by atoms with Gasteiger partial charge < -0.3 is 4.42 Å². The van der Waals surface area contributed by atoms with Crippen LogP contribution in [0.3, 0.4) is 0 Å². The van der Waals surface area contributed by atoms with E-state index in [1.54, 1.807) is 6.07 Å². The van der Waals surface area contributed by atoms with Crippen LogP contribution in [0, 0.1) is 13.8 Å². The molecule has 3 nitrogen and oxygen atoms in total. The predicted octanol–water partition coefficient (Wildman–Crippen LogP) is 4.09. The number of hydrogen-bond acceptors (Lipinski definition) is 2. The highest BCUT2D eigenvalue weighted by molar-refractivity contribution is 6.06. The van der Waals surface area contributed by atoms with Gasteiger partial charge in [0.1, 0.15) is 12.6 Å². The average molecular weight is 292 g/mol. The lowest BCUT2D eigenvalue weighted by molar-refractivity contribution is -0.660. The fraction of sp³-hybridized carbons (Fsp3) is 0.158. The Labute approximate surface area is 133 Å². The van der Waals surface area contributed by atoms with Gasteiger partial charge in [-0.15, -0.1) is 0 Å². The van der Waals surface area contributed by atoms with E-state index >= 15 is 0 Å². The molecule has 0 saturated heterocycles. The van der Waals surface area contributed by atoms with Gasteiger partial charge in [0.25, 0.3) is 0 Å². The van der Waals surface area contributed by atoms with Gasteiger partial charge in [0, 0.05) is 32.7 Å². The number of benzene rings is 1. The Bertz CT molecular complexity index is 1110. The zero-order valence-corrected chi connectivity index (χ0v) is 12.4. The Kier molecular flexibility index (Phi) is 2.15. The predicted molar refractivity (Wildman–Crippen MR) is 87.6 cm³/mol. The maximum Gasteiger partial charge on any atom is 0.212 e. The van der Waals surface area contributed by atoms with E-state index in [1.807, 2.05) is 44.4 Å². The number of nitrogens with zero attached hydrogens (tertiary/aromatic N) is 2. The van der Waals surface area contributed by atoms with Gasteiger partial charge in [-0.25, -0.2) is 4.57 Å². The summed E-state index contributed by atoms with van der Waals surface area (Å²) in [5.41, 5.74) is 4.67. The lowest BCUT2D eigenvalue weighted by Crippen LogP contribution is -2.30. The number of fused-ring (bicyclic) bond motifs is 3. The summed E-state index contributed by atoms with van der Waals surface area (Å²) in [6.45, 7) is -0.184. The molecule has 0 amide bonds. The monoisotopic (exact) mass is 292 g/mol. The van der Waals surface area contributed by atoms with Crippen LogP contribution in [0.2, 0.25) is 0 Å². The topological polar surface area (TPSA) is 29.9 Å². The van der Waals surface area contributed by atoms with Crippen molar-refractivity contribution in [2.24, 2.45) is 7.05 Å². The quantitative estimate of drug-likeness (QED) is 0.495. The van der Waals surface area contributed by atoms with E-state index < -0.39 is 6.85 Å². The Balaban J connectivity index is 1.99. The SMILES string of the molecule is [2H]C([2H])([2H])c1cc2c(cn1)oc1cc(-c3cccc[n+]3C)c(C)cc12. The molecule has 0 aliphatic heterocycles. The van der Waals surface area contributed by atoms with E-state index in [0.29, 0.717) is 5.58 Å². The summed E-state index contributed by atoms with van der Waals surface area (Å²) in [4.78, 5) is 4.03. The number of aryl methyl sites for hydroxylation is 3. The molecule has 4 rings (SSSR count). The molecule has 0 aliphatic rings. The van der Waals surface area contributed by atoms with Gasteiger partial charge in [-0.3, -0.25) is 4.98 Å². The van der Waals surface area contributed by atoms with Crippen LogP contribution >= 0.6 is 0 Å². The number of aromatic nitrogens is 2. The van der Waals surface area contributed by atoms with Crippen molar-refractivity contribution in [1.29, 1.82) is 0 Å². The van der Waals surface area contributed by atoms with Crippen molar-refractivity contribution in [3.8, 4) is 11.3 Å². The van der Waals surface area contributed by atoms with E-state index in [9.17, 15) is 0 Å². The third kappa shape index (κ3) is 1.90. The summed E-state index contributed by atoms with van der Waals surface area (Å²) in [6.07, 6.45) is 3.50. The van der Waals surface area contributed by atoms with Crippen molar-refractivity contribution in [3.05, 3.63) is 60.0 Å². The van der Waals surface area contributed by atoms with Gasteiger partial charge >= 0.3 is 0 Å². The minimum atomic E-state index is -2.23. The zero-order chi connectivity index (χ0) is 17.8. The zero-order valence-electron chi connectivity index (χ0n) is 15.4.